The second-order valence-electron chi connectivity index (χ2n) is 5.55. The van der Waals surface area contributed by atoms with Gasteiger partial charge in [-0.2, -0.15) is 0 Å². The largest absolute Gasteiger partial charge is 0.294 e. The molecule has 1 aliphatic carbocycles. The lowest BCUT2D eigenvalue weighted by atomic mass is 9.81. The molecule has 0 radical (unpaired) electrons. The van der Waals surface area contributed by atoms with E-state index < -0.39 is 0 Å². The molecule has 0 bridgehead atoms. The van der Waals surface area contributed by atoms with E-state index in [0.29, 0.717) is 0 Å². The van der Waals surface area contributed by atoms with Crippen molar-refractivity contribution in [3.8, 4) is 0 Å². The van der Waals surface area contributed by atoms with Gasteiger partial charge in [-0.25, -0.2) is 0 Å². The first-order chi connectivity index (χ1) is 9.65. The second kappa shape index (κ2) is 5.09. The summed E-state index contributed by atoms with van der Waals surface area (Å²) in [5, 5.41) is 0. The molecule has 1 nitrogen and oxygen atoms in total. The fourth-order valence-corrected chi connectivity index (χ4v) is 2.87. The van der Waals surface area contributed by atoms with E-state index in [1.807, 2.05) is 18.2 Å². The summed E-state index contributed by atoms with van der Waals surface area (Å²) in [6, 6.07) is 14.6. The van der Waals surface area contributed by atoms with Crippen LogP contribution in [-0.2, 0) is 11.2 Å². The first-order valence-corrected chi connectivity index (χ1v) is 7.02. The lowest BCUT2D eigenvalue weighted by Crippen LogP contribution is -2.17. The molecule has 0 amide bonds. The third kappa shape index (κ3) is 2.32. The maximum absolute atomic E-state index is 12.3. The summed E-state index contributed by atoms with van der Waals surface area (Å²) in [7, 11) is 0. The lowest BCUT2D eigenvalue weighted by molar-refractivity contribution is -0.116. The molecule has 0 saturated carbocycles. The number of hydrogen-bond acceptors (Lipinski definition) is 1. The summed E-state index contributed by atoms with van der Waals surface area (Å²) in [5.74, 6) is 0.168. The first-order valence-electron chi connectivity index (χ1n) is 7.02. The quantitative estimate of drug-likeness (QED) is 0.791. The number of carbonyl (C=O) groups is 1. The normalized spacial score (nSPS) is 17.1. The Bertz CT molecular complexity index is 695. The molecular formula is C19H18O. The summed E-state index contributed by atoms with van der Waals surface area (Å²) >= 11 is 0. The van der Waals surface area contributed by atoms with Crippen molar-refractivity contribution < 1.29 is 4.79 Å². The Hall–Kier alpha value is -2.15. The van der Waals surface area contributed by atoms with Crippen molar-refractivity contribution in [1.29, 1.82) is 0 Å². The fraction of sp³-hybridized carbons (Fsp3) is 0.211. The zero-order valence-corrected chi connectivity index (χ0v) is 11.9. The number of fused-ring (bicyclic) bond motifs is 1. The molecule has 2 aromatic carbocycles. The minimum atomic E-state index is -0.0447. The molecule has 0 aliphatic heterocycles. The van der Waals surface area contributed by atoms with Crippen LogP contribution < -0.4 is 0 Å². The highest BCUT2D eigenvalue weighted by atomic mass is 16.1. The van der Waals surface area contributed by atoms with E-state index in [1.165, 1.54) is 22.3 Å². The Balaban J connectivity index is 2.00. The van der Waals surface area contributed by atoms with Crippen molar-refractivity contribution in [3.63, 3.8) is 0 Å². The zero-order chi connectivity index (χ0) is 14.1. The summed E-state index contributed by atoms with van der Waals surface area (Å²) in [6.07, 6.45) is 4.43. The van der Waals surface area contributed by atoms with Crippen LogP contribution in [0.4, 0.5) is 0 Å². The Morgan fingerprint density at radius 2 is 1.80 bits per heavy atom. The highest BCUT2D eigenvalue weighted by Gasteiger charge is 2.24. The summed E-state index contributed by atoms with van der Waals surface area (Å²) in [6.45, 7) is 4.21. The minimum Gasteiger partial charge on any atom is -0.294 e. The van der Waals surface area contributed by atoms with Gasteiger partial charge in [-0.1, -0.05) is 54.1 Å². The summed E-state index contributed by atoms with van der Waals surface area (Å²) in [4.78, 5) is 12.3. The van der Waals surface area contributed by atoms with E-state index in [4.69, 9.17) is 0 Å². The van der Waals surface area contributed by atoms with E-state index >= 15 is 0 Å². The predicted molar refractivity (Wildman–Crippen MR) is 82.8 cm³/mol. The SMILES string of the molecule is Cc1ccc(C)c(CC2C(=O)C=Cc3ccccc32)c1. The Kier molecular flexibility index (Phi) is 3.27. The average Bonchev–Trinajstić information content (AvgIpc) is 2.46. The highest BCUT2D eigenvalue weighted by molar-refractivity contribution is 6.02. The number of benzene rings is 2. The van der Waals surface area contributed by atoms with Crippen molar-refractivity contribution >= 4 is 11.9 Å². The van der Waals surface area contributed by atoms with Crippen LogP contribution in [0.5, 0.6) is 0 Å². The van der Waals surface area contributed by atoms with Crippen LogP contribution in [0.2, 0.25) is 0 Å². The molecule has 2 aromatic rings. The minimum absolute atomic E-state index is 0.0447. The number of ketones is 1. The van der Waals surface area contributed by atoms with Crippen molar-refractivity contribution in [3.05, 3.63) is 76.4 Å². The number of hydrogen-bond donors (Lipinski definition) is 0. The molecule has 0 N–H and O–H groups in total. The van der Waals surface area contributed by atoms with Crippen LogP contribution in [0.25, 0.3) is 6.08 Å². The maximum atomic E-state index is 12.3. The van der Waals surface area contributed by atoms with E-state index in [2.05, 4.69) is 44.2 Å². The molecule has 0 aromatic heterocycles. The molecule has 100 valence electrons. The topological polar surface area (TPSA) is 17.1 Å². The smallest absolute Gasteiger partial charge is 0.163 e. The second-order valence-corrected chi connectivity index (χ2v) is 5.55. The number of aryl methyl sites for hydroxylation is 2. The van der Waals surface area contributed by atoms with Crippen molar-refractivity contribution in [2.24, 2.45) is 0 Å². The summed E-state index contributed by atoms with van der Waals surface area (Å²) < 4.78 is 0. The van der Waals surface area contributed by atoms with Crippen LogP contribution in [0.1, 0.15) is 33.7 Å². The molecule has 3 rings (SSSR count). The summed E-state index contributed by atoms with van der Waals surface area (Å²) in [5.41, 5.74) is 6.10. The molecule has 0 heterocycles. The van der Waals surface area contributed by atoms with Gasteiger partial charge < -0.3 is 0 Å². The molecule has 0 saturated heterocycles. The van der Waals surface area contributed by atoms with Crippen LogP contribution in [0.3, 0.4) is 0 Å². The van der Waals surface area contributed by atoms with Gasteiger partial charge in [0.1, 0.15) is 0 Å². The van der Waals surface area contributed by atoms with Crippen LogP contribution in [0.15, 0.2) is 48.5 Å². The van der Waals surface area contributed by atoms with Gasteiger partial charge in [0.15, 0.2) is 5.78 Å². The van der Waals surface area contributed by atoms with E-state index in [0.717, 1.165) is 12.0 Å². The van der Waals surface area contributed by atoms with Gasteiger partial charge in [0.05, 0.1) is 5.92 Å². The fourth-order valence-electron chi connectivity index (χ4n) is 2.87. The van der Waals surface area contributed by atoms with E-state index in [1.54, 1.807) is 6.08 Å². The molecule has 0 fully saturated rings. The zero-order valence-electron chi connectivity index (χ0n) is 11.9. The standard InChI is InChI=1S/C19H18O/c1-13-7-8-14(2)16(11-13)12-18-17-6-4-3-5-15(17)9-10-19(18)20/h3-11,18H,12H2,1-2H3. The molecule has 20 heavy (non-hydrogen) atoms. The molecule has 1 aliphatic rings. The lowest BCUT2D eigenvalue weighted by Gasteiger charge is -2.21. The maximum Gasteiger partial charge on any atom is 0.163 e. The number of allylic oxidation sites excluding steroid dienone is 1. The van der Waals surface area contributed by atoms with Crippen LogP contribution >= 0.6 is 0 Å². The third-order valence-electron chi connectivity index (χ3n) is 4.07. The third-order valence-corrected chi connectivity index (χ3v) is 4.07. The predicted octanol–water partition coefficient (Wildman–Crippen LogP) is 4.23. The molecule has 1 unspecified atom stereocenters. The average molecular weight is 262 g/mol. The van der Waals surface area contributed by atoms with Crippen molar-refractivity contribution in [1.82, 2.24) is 0 Å². The molecule has 0 spiro atoms. The first kappa shape index (κ1) is 12.9. The number of rotatable bonds is 2. The van der Waals surface area contributed by atoms with Crippen molar-refractivity contribution in [2.75, 3.05) is 0 Å². The monoisotopic (exact) mass is 262 g/mol. The van der Waals surface area contributed by atoms with Gasteiger partial charge in [-0.15, -0.1) is 0 Å². The molecular weight excluding hydrogens is 244 g/mol. The van der Waals surface area contributed by atoms with Gasteiger partial charge in [0, 0.05) is 0 Å². The van der Waals surface area contributed by atoms with E-state index in [-0.39, 0.29) is 11.7 Å². The Morgan fingerprint density at radius 3 is 2.65 bits per heavy atom. The van der Waals surface area contributed by atoms with Crippen molar-refractivity contribution in [2.45, 2.75) is 26.2 Å². The van der Waals surface area contributed by atoms with Gasteiger partial charge >= 0.3 is 0 Å². The Morgan fingerprint density at radius 1 is 1.00 bits per heavy atom. The Labute approximate surface area is 120 Å². The van der Waals surface area contributed by atoms with E-state index in [9.17, 15) is 4.79 Å². The van der Waals surface area contributed by atoms with Gasteiger partial charge in [0.25, 0.3) is 0 Å². The van der Waals surface area contributed by atoms with Gasteiger partial charge in [-0.3, -0.25) is 4.79 Å². The number of carbonyl (C=O) groups excluding carboxylic acids is 1. The van der Waals surface area contributed by atoms with Gasteiger partial charge in [-0.05, 0) is 48.6 Å². The van der Waals surface area contributed by atoms with Crippen LogP contribution in [0, 0.1) is 13.8 Å². The van der Waals surface area contributed by atoms with Gasteiger partial charge in [0.2, 0.25) is 0 Å². The molecule has 1 atom stereocenters. The highest BCUT2D eigenvalue weighted by Crippen LogP contribution is 2.31. The van der Waals surface area contributed by atoms with Crippen LogP contribution in [-0.4, -0.2) is 5.78 Å². The molecule has 1 heteroatoms.